The Labute approximate surface area is 230 Å². The minimum atomic E-state index is -4.86. The zero-order valence-corrected chi connectivity index (χ0v) is 23.0. The molecule has 1 fully saturated rings. The molecule has 214 valence electrons. The average Bonchev–Trinajstić information content (AvgIpc) is 3.50. The lowest BCUT2D eigenvalue weighted by Gasteiger charge is -2.49. The van der Waals surface area contributed by atoms with Gasteiger partial charge in [-0.1, -0.05) is 12.1 Å². The van der Waals surface area contributed by atoms with Crippen LogP contribution in [-0.4, -0.2) is 76.1 Å². The van der Waals surface area contributed by atoms with E-state index >= 15 is 0 Å². The summed E-state index contributed by atoms with van der Waals surface area (Å²) < 4.78 is 48.9. The Balaban J connectivity index is 1.23. The fraction of sp³-hybridized carbons (Fsp3) is 0.409. The van der Waals surface area contributed by atoms with E-state index in [0.717, 1.165) is 17.5 Å². The lowest BCUT2D eigenvalue weighted by Crippen LogP contribution is -2.58. The summed E-state index contributed by atoms with van der Waals surface area (Å²) in [6, 6.07) is 5.11. The molecule has 6 rings (SSSR count). The van der Waals surface area contributed by atoms with Gasteiger partial charge in [-0.15, -0.1) is 0 Å². The Hall–Kier alpha value is -2.61. The normalized spacial score (nSPS) is 23.4. The number of halogens is 2. The molecular weight excluding hydrogens is 595 g/mol. The van der Waals surface area contributed by atoms with Crippen LogP contribution in [0.5, 0.6) is 0 Å². The molecule has 4 heterocycles. The monoisotopic (exact) mass is 617 g/mol. The second-order valence-electron chi connectivity index (χ2n) is 10.0. The van der Waals surface area contributed by atoms with E-state index in [1.807, 2.05) is 11.0 Å². The lowest BCUT2D eigenvalue weighted by molar-refractivity contribution is -0.0112. The van der Waals surface area contributed by atoms with E-state index in [2.05, 4.69) is 15.0 Å². The van der Waals surface area contributed by atoms with Crippen LogP contribution in [0.4, 0.5) is 10.2 Å². The standard InChI is InChI=1S/C22H23ClFN5O9P2/c23-21-26-18(28-7-22(8-28)5-4-11-12(22)2-1-3-13(11)24)15-19(27-21)29(9-25-15)20-17(31)16(30)14(38-20)6-37-40(35,36)10-39(32,33)34/h1-3,9,17,20,30-31H,4-8,10H2,(H,35,36)(H2,32,33,34)/t17?,20-/m1/s1. The molecule has 1 spiro atoms. The Kier molecular flexibility index (Phi) is 6.52. The Bertz CT molecular complexity index is 1660. The van der Waals surface area contributed by atoms with Gasteiger partial charge in [0.05, 0.1) is 0 Å². The summed E-state index contributed by atoms with van der Waals surface area (Å²) >= 11 is 6.24. The third kappa shape index (κ3) is 4.70. The number of benzene rings is 1. The van der Waals surface area contributed by atoms with Crippen molar-refractivity contribution in [2.24, 2.45) is 0 Å². The number of ether oxygens (including phenoxy) is 1. The molecule has 0 amide bonds. The molecule has 1 saturated heterocycles. The van der Waals surface area contributed by atoms with Gasteiger partial charge in [0.25, 0.3) is 0 Å². The number of hydrogen-bond acceptors (Lipinski definition) is 10. The Morgan fingerprint density at radius 1 is 1.23 bits per heavy atom. The molecule has 3 atom stereocenters. The van der Waals surface area contributed by atoms with Crippen molar-refractivity contribution in [2.45, 2.75) is 30.6 Å². The maximum absolute atomic E-state index is 14.3. The molecular formula is C22H23ClFN5O9P2. The van der Waals surface area contributed by atoms with Crippen LogP contribution in [0.25, 0.3) is 11.2 Å². The van der Waals surface area contributed by atoms with E-state index < -0.39 is 51.6 Å². The highest BCUT2D eigenvalue weighted by Gasteiger charge is 2.50. The van der Waals surface area contributed by atoms with Gasteiger partial charge in [-0.05, 0) is 41.6 Å². The molecule has 3 aliphatic rings. The zero-order valence-electron chi connectivity index (χ0n) is 20.5. The molecule has 3 aromatic rings. The number of anilines is 1. The second-order valence-corrected chi connectivity index (χ2v) is 14.4. The van der Waals surface area contributed by atoms with Gasteiger partial charge in [-0.3, -0.25) is 18.2 Å². The third-order valence-corrected chi connectivity index (χ3v) is 10.9. The van der Waals surface area contributed by atoms with Gasteiger partial charge >= 0.3 is 15.2 Å². The summed E-state index contributed by atoms with van der Waals surface area (Å²) in [7, 11) is -9.61. The predicted molar refractivity (Wildman–Crippen MR) is 137 cm³/mol. The molecule has 14 nitrogen and oxygen atoms in total. The highest BCUT2D eigenvalue weighted by molar-refractivity contribution is 7.70. The van der Waals surface area contributed by atoms with Crippen molar-refractivity contribution in [2.75, 3.05) is 30.5 Å². The highest BCUT2D eigenvalue weighted by Crippen LogP contribution is 2.56. The SMILES string of the molecule is O=P(O)(O)CP(=O)(O)OCC1=C(O)C(O)[C@H](n2cnc3c(N4CC5(CCc6c(F)cccc65)C4)nc(Cl)nc32)O1. The van der Waals surface area contributed by atoms with E-state index in [0.29, 0.717) is 30.8 Å². The summed E-state index contributed by atoms with van der Waals surface area (Å²) in [5.74, 6) is -2.34. The van der Waals surface area contributed by atoms with Crippen LogP contribution in [0.3, 0.4) is 0 Å². The highest BCUT2D eigenvalue weighted by atomic mass is 35.5. The van der Waals surface area contributed by atoms with Crippen molar-refractivity contribution in [3.8, 4) is 0 Å². The Morgan fingerprint density at radius 3 is 2.70 bits per heavy atom. The van der Waals surface area contributed by atoms with Crippen LogP contribution >= 0.6 is 26.8 Å². The van der Waals surface area contributed by atoms with Crippen LogP contribution in [-0.2, 0) is 30.2 Å². The van der Waals surface area contributed by atoms with Crippen molar-refractivity contribution in [1.29, 1.82) is 0 Å². The molecule has 0 radical (unpaired) electrons. The number of imidazole rings is 1. The molecule has 2 aliphatic heterocycles. The fourth-order valence-corrected chi connectivity index (χ4v) is 8.24. The largest absolute Gasteiger partial charge is 0.506 e. The summed E-state index contributed by atoms with van der Waals surface area (Å²) in [5, 5.41) is 20.9. The number of aromatic nitrogens is 4. The van der Waals surface area contributed by atoms with Crippen molar-refractivity contribution in [1.82, 2.24) is 19.5 Å². The molecule has 0 bridgehead atoms. The van der Waals surface area contributed by atoms with E-state index in [1.165, 1.54) is 17.0 Å². The van der Waals surface area contributed by atoms with Gasteiger partial charge in [0.15, 0.2) is 40.5 Å². The van der Waals surface area contributed by atoms with Crippen molar-refractivity contribution in [3.05, 3.63) is 58.3 Å². The van der Waals surface area contributed by atoms with Gasteiger partial charge in [-0.25, -0.2) is 9.37 Å². The van der Waals surface area contributed by atoms with Crippen LogP contribution in [0, 0.1) is 5.82 Å². The van der Waals surface area contributed by atoms with E-state index in [1.54, 1.807) is 6.07 Å². The van der Waals surface area contributed by atoms with E-state index in [-0.39, 0.29) is 22.2 Å². The third-order valence-electron chi connectivity index (χ3n) is 7.34. The molecule has 5 N–H and O–H groups in total. The first kappa shape index (κ1) is 27.6. The number of aliphatic hydroxyl groups is 2. The minimum absolute atomic E-state index is 0.116. The minimum Gasteiger partial charge on any atom is -0.506 e. The van der Waals surface area contributed by atoms with Crippen molar-refractivity contribution < 1.29 is 47.7 Å². The molecule has 1 aromatic carbocycles. The van der Waals surface area contributed by atoms with E-state index in [4.69, 9.17) is 30.6 Å². The number of fused-ring (bicyclic) bond motifs is 3. The topological polar surface area (TPSA) is 201 Å². The lowest BCUT2D eigenvalue weighted by atomic mass is 9.75. The quantitative estimate of drug-likeness (QED) is 0.191. The van der Waals surface area contributed by atoms with E-state index in [9.17, 15) is 28.6 Å². The fourth-order valence-electron chi connectivity index (χ4n) is 5.57. The second kappa shape index (κ2) is 9.47. The molecule has 1 aliphatic carbocycles. The van der Waals surface area contributed by atoms with Crippen molar-refractivity contribution in [3.63, 3.8) is 0 Å². The first-order valence-electron chi connectivity index (χ1n) is 12.0. The average molecular weight is 618 g/mol. The zero-order chi connectivity index (χ0) is 28.6. The number of hydrogen-bond donors (Lipinski definition) is 5. The van der Waals surface area contributed by atoms with Crippen LogP contribution in [0.2, 0.25) is 5.28 Å². The summed E-state index contributed by atoms with van der Waals surface area (Å²) in [5.41, 5.74) is 2.00. The van der Waals surface area contributed by atoms with Gasteiger partial charge in [0.1, 0.15) is 18.8 Å². The summed E-state index contributed by atoms with van der Waals surface area (Å²) in [6.45, 7) is 0.265. The predicted octanol–water partition coefficient (Wildman–Crippen LogP) is 2.32. The smallest absolute Gasteiger partial charge is 0.340 e. The maximum Gasteiger partial charge on any atom is 0.340 e. The van der Waals surface area contributed by atoms with Gasteiger partial charge in [-0.2, -0.15) is 9.97 Å². The van der Waals surface area contributed by atoms with Crippen LogP contribution < -0.4 is 4.90 Å². The Morgan fingerprint density at radius 2 is 1.98 bits per heavy atom. The summed E-state index contributed by atoms with van der Waals surface area (Å²) in [6.07, 6.45) is -0.248. The molecule has 40 heavy (non-hydrogen) atoms. The van der Waals surface area contributed by atoms with Gasteiger partial charge in [0.2, 0.25) is 11.5 Å². The first-order valence-corrected chi connectivity index (χ1v) is 15.9. The van der Waals surface area contributed by atoms with Crippen molar-refractivity contribution >= 4 is 43.8 Å². The first-order chi connectivity index (χ1) is 18.8. The maximum atomic E-state index is 14.3. The summed E-state index contributed by atoms with van der Waals surface area (Å²) in [4.78, 5) is 42.5. The van der Waals surface area contributed by atoms with Gasteiger partial charge in [0, 0.05) is 18.5 Å². The molecule has 18 heteroatoms. The number of rotatable bonds is 7. The van der Waals surface area contributed by atoms with Crippen LogP contribution in [0.15, 0.2) is 36.0 Å². The van der Waals surface area contributed by atoms with Gasteiger partial charge < -0.3 is 34.5 Å². The molecule has 2 unspecified atom stereocenters. The van der Waals surface area contributed by atoms with Crippen LogP contribution in [0.1, 0.15) is 23.8 Å². The number of nitrogens with zero attached hydrogens (tertiary/aromatic N) is 5. The molecule has 2 aromatic heterocycles. The molecule has 0 saturated carbocycles. The number of aliphatic hydroxyl groups excluding tert-OH is 2.